The van der Waals surface area contributed by atoms with Crippen molar-refractivity contribution >= 4 is 17.7 Å². The fourth-order valence-corrected chi connectivity index (χ4v) is 19.2. The van der Waals surface area contributed by atoms with E-state index in [1.165, 1.54) is 5.56 Å². The van der Waals surface area contributed by atoms with Gasteiger partial charge in [-0.05, 0) is 136 Å². The molecular weight excluding hydrogens is 873 g/mol. The summed E-state index contributed by atoms with van der Waals surface area (Å²) in [4.78, 5) is 47.1. The van der Waals surface area contributed by atoms with Crippen LogP contribution < -0.4 is 5.32 Å². The number of nitrogens with zero attached hydrogens (tertiary/aromatic N) is 1. The fraction of sp³-hybridized carbons (Fsp3) is 0.737. The number of nitrogens with one attached hydrogen (secondary N) is 1. The van der Waals surface area contributed by atoms with E-state index in [4.69, 9.17) is 23.4 Å². The van der Waals surface area contributed by atoms with Gasteiger partial charge in [-0.25, -0.2) is 4.79 Å². The zero-order chi connectivity index (χ0) is 47.1. The van der Waals surface area contributed by atoms with Gasteiger partial charge in [-0.15, -0.1) is 0 Å². The van der Waals surface area contributed by atoms with Crippen LogP contribution in [0.2, 0.25) is 0 Å². The number of benzene rings is 1. The van der Waals surface area contributed by atoms with Crippen molar-refractivity contribution in [2.75, 3.05) is 26.4 Å². The summed E-state index contributed by atoms with van der Waals surface area (Å²) < 4.78 is 34.0. The predicted molar refractivity (Wildman–Crippen MR) is 253 cm³/mol. The number of hydrogen-bond acceptors (Lipinski definition) is 12. The Hall–Kier alpha value is -3.55. The first-order valence-corrected chi connectivity index (χ1v) is 27.3. The summed E-state index contributed by atoms with van der Waals surface area (Å²) in [5, 5.41) is 28.5. The van der Waals surface area contributed by atoms with E-state index < -0.39 is 63.8 Å². The average molecular weight is 947 g/mol. The Bertz CT molecular complexity index is 2370. The first-order valence-electron chi connectivity index (χ1n) is 27.3. The highest BCUT2D eigenvalue weighted by atomic mass is 16.7. The molecule has 69 heavy (non-hydrogen) atoms. The molecule has 6 aliphatic heterocycles. The fourth-order valence-electron chi connectivity index (χ4n) is 19.2. The molecule has 3 N–H and O–H groups in total. The molecule has 1 aromatic heterocycles. The van der Waals surface area contributed by atoms with Gasteiger partial charge in [0.15, 0.2) is 11.9 Å². The summed E-state index contributed by atoms with van der Waals surface area (Å²) in [5.41, 5.74) is -3.05. The minimum atomic E-state index is -1.43. The summed E-state index contributed by atoms with van der Waals surface area (Å²) in [7, 11) is 0. The van der Waals surface area contributed by atoms with E-state index in [9.17, 15) is 19.8 Å². The molecule has 2 aromatic rings. The van der Waals surface area contributed by atoms with Gasteiger partial charge in [-0.2, -0.15) is 0 Å². The molecule has 1 aromatic carbocycles. The van der Waals surface area contributed by atoms with E-state index in [1.54, 1.807) is 6.26 Å². The molecule has 0 bridgehead atoms. The maximum atomic E-state index is 16.2. The second-order valence-electron chi connectivity index (χ2n) is 24.6. The molecule has 0 unspecified atom stereocenters. The number of epoxide rings is 1. The van der Waals surface area contributed by atoms with Crippen molar-refractivity contribution in [3.63, 3.8) is 0 Å². The summed E-state index contributed by atoms with van der Waals surface area (Å²) >= 11 is 0. The summed E-state index contributed by atoms with van der Waals surface area (Å²) in [6.07, 6.45) is 17.2. The first kappa shape index (κ1) is 45.3. The number of furan rings is 1. The zero-order valence-corrected chi connectivity index (χ0v) is 40.7. The van der Waals surface area contributed by atoms with E-state index in [-0.39, 0.29) is 55.1 Å². The van der Waals surface area contributed by atoms with E-state index in [2.05, 4.69) is 66.7 Å². The van der Waals surface area contributed by atoms with Crippen molar-refractivity contribution in [2.24, 2.45) is 69.5 Å². The largest absolute Gasteiger partial charge is 0.469 e. The molecule has 12 heteroatoms. The lowest BCUT2D eigenvalue weighted by Crippen LogP contribution is -2.79. The highest BCUT2D eigenvalue weighted by molar-refractivity contribution is 5.92. The lowest BCUT2D eigenvalue weighted by molar-refractivity contribution is -0.276. The van der Waals surface area contributed by atoms with Gasteiger partial charge in [0.25, 0.3) is 0 Å². The maximum absolute atomic E-state index is 16.2. The average Bonchev–Trinajstić information content (AvgIpc) is 3.59. The van der Waals surface area contributed by atoms with Crippen LogP contribution in [0.1, 0.15) is 133 Å². The first-order chi connectivity index (χ1) is 33.5. The van der Waals surface area contributed by atoms with Crippen molar-refractivity contribution in [3.8, 4) is 0 Å². The molecule has 10 fully saturated rings. The minimum Gasteiger partial charge on any atom is -0.469 e. The van der Waals surface area contributed by atoms with Crippen LogP contribution in [0.3, 0.4) is 0 Å². The number of fused-ring (bicyclic) bond motifs is 4. The number of hydrogen-bond donors (Lipinski definition) is 3. The number of esters is 2. The Morgan fingerprint density at radius 2 is 1.72 bits per heavy atom. The number of cyclic esters (lactones) is 2. The topological polar surface area (TPSA) is 160 Å². The molecular formula is C57H74N2O10. The molecule has 7 heterocycles. The normalized spacial score (nSPS) is 47.1. The summed E-state index contributed by atoms with van der Waals surface area (Å²) in [6, 6.07) is 13.1. The Balaban J connectivity index is 0.902. The third-order valence-electron chi connectivity index (χ3n) is 22.0. The summed E-state index contributed by atoms with van der Waals surface area (Å²) in [6.45, 7) is 6.32. The van der Waals surface area contributed by atoms with Crippen LogP contribution in [0.25, 0.3) is 0 Å². The Morgan fingerprint density at radius 3 is 2.55 bits per heavy atom. The smallest absolute Gasteiger partial charge is 0.339 e. The van der Waals surface area contributed by atoms with Crippen LogP contribution >= 0.6 is 0 Å². The van der Waals surface area contributed by atoms with Gasteiger partial charge in [-0.3, -0.25) is 14.9 Å². The van der Waals surface area contributed by atoms with Crippen molar-refractivity contribution in [1.82, 2.24) is 10.2 Å². The van der Waals surface area contributed by atoms with Crippen LogP contribution in [0.5, 0.6) is 0 Å². The Labute approximate surface area is 407 Å². The molecule has 0 amide bonds. The molecule has 2 spiro atoms. The van der Waals surface area contributed by atoms with E-state index in [1.807, 2.05) is 6.07 Å². The lowest BCUT2D eigenvalue weighted by Gasteiger charge is -2.70. The molecule has 372 valence electrons. The zero-order valence-electron chi connectivity index (χ0n) is 40.7. The quantitative estimate of drug-likeness (QED) is 0.167. The monoisotopic (exact) mass is 947 g/mol. The van der Waals surface area contributed by atoms with E-state index in [0.29, 0.717) is 49.0 Å². The minimum absolute atomic E-state index is 0.0294. The molecule has 13 rings (SSSR count). The number of ketones is 1. The third kappa shape index (κ3) is 6.26. The van der Waals surface area contributed by atoms with Gasteiger partial charge >= 0.3 is 11.9 Å². The maximum Gasteiger partial charge on any atom is 0.339 e. The number of ether oxygens (including phenoxy) is 4. The number of carbonyl (C=O) groups excluding carboxylic acids is 3. The summed E-state index contributed by atoms with van der Waals surface area (Å²) in [5.74, 6) is 0.299. The van der Waals surface area contributed by atoms with Crippen molar-refractivity contribution in [3.05, 3.63) is 71.8 Å². The van der Waals surface area contributed by atoms with Gasteiger partial charge in [-0.1, -0.05) is 75.4 Å². The molecule has 18 atom stereocenters. The highest BCUT2D eigenvalue weighted by Gasteiger charge is 2.93. The van der Waals surface area contributed by atoms with Gasteiger partial charge in [0.2, 0.25) is 0 Å². The van der Waals surface area contributed by atoms with Crippen LogP contribution in [-0.2, 0) is 46.2 Å². The lowest BCUT2D eigenvalue weighted by atomic mass is 9.32. The molecule has 12 nitrogen and oxygen atoms in total. The van der Waals surface area contributed by atoms with Crippen molar-refractivity contribution in [1.29, 1.82) is 0 Å². The van der Waals surface area contributed by atoms with Crippen LogP contribution in [0, 0.1) is 69.5 Å². The highest BCUT2D eigenvalue weighted by Crippen LogP contribution is 2.83. The van der Waals surface area contributed by atoms with Gasteiger partial charge in [0.05, 0.1) is 37.0 Å². The van der Waals surface area contributed by atoms with Crippen molar-refractivity contribution in [2.45, 2.75) is 165 Å². The second kappa shape index (κ2) is 16.5. The molecule has 5 saturated carbocycles. The number of aliphatic hydroxyl groups excluding tert-OH is 2. The predicted octanol–water partition coefficient (Wildman–Crippen LogP) is 7.64. The standard InChI is InChI=1S/C57H74N2O10/c1-53-21-18-44-55-31-66-46(61)28-45(55)68-54(2,38-13-7-4-8-14-38)48(55)47(62)49(63)56(44,39-15-9-12-34(25-39)24-33-10-5-3-6-11-33)57(53)51(69-57)52(64)67-50(53)41-20-23-65-43(41)27-37(30-60)35-16-17-40-36(26-35)19-22-59-32-58-29-42(40)59/h3,5-6,10-11,19-20,22-23,34-40,42,44-45,48-51,58,60,63H,4,7-9,12-18,21,24-32H2,1-2H3/t34-,35-,36-,37-,39+,40+,42+,44-,45+,48-,49-,50+,51-,53+,54-,55+,56+,57-/m1/s1. The van der Waals surface area contributed by atoms with E-state index >= 15 is 4.79 Å². The number of aliphatic hydroxyl groups is 2. The Kier molecular flexibility index (Phi) is 10.8. The number of carbonyl (C=O) groups is 3. The number of rotatable bonds is 9. The van der Waals surface area contributed by atoms with E-state index in [0.717, 1.165) is 108 Å². The molecule has 5 saturated heterocycles. The van der Waals surface area contributed by atoms with Crippen LogP contribution in [0.15, 0.2) is 59.4 Å². The molecule has 11 aliphatic rings. The second-order valence-corrected chi connectivity index (χ2v) is 24.6. The van der Waals surface area contributed by atoms with Gasteiger partial charge in [0.1, 0.15) is 30.2 Å². The van der Waals surface area contributed by atoms with Crippen LogP contribution in [-0.4, -0.2) is 94.8 Å². The third-order valence-corrected chi connectivity index (χ3v) is 22.0. The number of Topliss-reactive ketones (excluding diaryl/α,β-unsaturated/α-hetero) is 1. The number of allylic oxidation sites excluding steroid dienone is 1. The van der Waals surface area contributed by atoms with Gasteiger partial charge < -0.3 is 38.5 Å². The molecule has 5 aliphatic carbocycles. The molecule has 0 radical (unpaired) electrons. The van der Waals surface area contributed by atoms with Crippen LogP contribution in [0.4, 0.5) is 0 Å². The Morgan fingerprint density at radius 1 is 0.899 bits per heavy atom. The van der Waals surface area contributed by atoms with Gasteiger partial charge in [0, 0.05) is 47.4 Å². The van der Waals surface area contributed by atoms with Crippen molar-refractivity contribution < 1.29 is 48.0 Å². The SMILES string of the molecule is C[C@@]12CC[C@@H]3[C@@]45COC(=O)C[C@@H]4O[C@](C)(C4CCCCC4)[C@H]5C(=O)[C@@H](O)[C@@]3([C@H]3CCC[C@H](Cc4ccccc4)C3)[C@]13O[C@@H]3C(=O)O[C@H]2c1ccoc1C[C@H](CO)[C@@H]1CC[C@H]2[C@H](C=CN3CNC[C@@H]23)C1.